The second-order valence-corrected chi connectivity index (χ2v) is 7.46. The Hall–Kier alpha value is -2.27. The summed E-state index contributed by atoms with van der Waals surface area (Å²) in [6, 6.07) is 10.1. The molecule has 3 rings (SSSR count). The molecule has 2 aromatic rings. The molecule has 25 heavy (non-hydrogen) atoms. The number of pyridine rings is 1. The van der Waals surface area contributed by atoms with Crippen LogP contribution in [0.4, 0.5) is 4.39 Å². The van der Waals surface area contributed by atoms with Gasteiger partial charge in [0.25, 0.3) is 0 Å². The van der Waals surface area contributed by atoms with E-state index >= 15 is 0 Å². The van der Waals surface area contributed by atoms with Crippen molar-refractivity contribution >= 4 is 5.91 Å². The summed E-state index contributed by atoms with van der Waals surface area (Å²) in [5, 5.41) is 9.55. The number of rotatable bonds is 5. The molecule has 2 atom stereocenters. The van der Waals surface area contributed by atoms with Gasteiger partial charge in [-0.25, -0.2) is 4.39 Å². The minimum Gasteiger partial charge on any atom is -0.396 e. The summed E-state index contributed by atoms with van der Waals surface area (Å²) in [6.45, 7) is 4.93. The Balaban J connectivity index is 1.96. The van der Waals surface area contributed by atoms with Crippen LogP contribution in [0.25, 0.3) is 0 Å². The van der Waals surface area contributed by atoms with Crippen LogP contribution in [0.2, 0.25) is 0 Å². The minimum atomic E-state index is -0.365. The lowest BCUT2D eigenvalue weighted by atomic mass is 9.84. The number of carbonyl (C=O) groups excluding carboxylic acids is 1. The number of nitrogens with zero attached hydrogens (tertiary/aromatic N) is 2. The molecule has 1 saturated heterocycles. The third-order valence-electron chi connectivity index (χ3n) is 4.81. The number of hydrogen-bond acceptors (Lipinski definition) is 3. The van der Waals surface area contributed by atoms with Crippen molar-refractivity contribution in [2.24, 2.45) is 5.41 Å². The summed E-state index contributed by atoms with van der Waals surface area (Å²) in [5.41, 5.74) is 1.50. The Morgan fingerprint density at radius 2 is 1.80 bits per heavy atom. The molecule has 1 aromatic heterocycles. The van der Waals surface area contributed by atoms with E-state index in [1.54, 1.807) is 24.5 Å². The number of aromatic nitrogens is 1. The number of aliphatic hydroxyl groups is 1. The highest BCUT2D eigenvalue weighted by Crippen LogP contribution is 2.41. The highest BCUT2D eigenvalue weighted by atomic mass is 19.1. The second kappa shape index (κ2) is 6.92. The quantitative estimate of drug-likeness (QED) is 0.909. The van der Waals surface area contributed by atoms with Gasteiger partial charge in [-0.05, 0) is 35.4 Å². The van der Waals surface area contributed by atoms with Gasteiger partial charge in [-0.15, -0.1) is 0 Å². The molecule has 1 aliphatic rings. The fraction of sp³-hybridized carbons (Fsp3) is 0.400. The van der Waals surface area contributed by atoms with Crippen molar-refractivity contribution in [2.75, 3.05) is 19.7 Å². The van der Waals surface area contributed by atoms with Gasteiger partial charge in [0.2, 0.25) is 5.91 Å². The Morgan fingerprint density at radius 3 is 2.40 bits per heavy atom. The zero-order valence-corrected chi connectivity index (χ0v) is 14.5. The Kier molecular flexibility index (Phi) is 4.86. The molecule has 0 spiro atoms. The first-order chi connectivity index (χ1) is 11.9. The van der Waals surface area contributed by atoms with Gasteiger partial charge in [0.05, 0.1) is 5.92 Å². The predicted molar refractivity (Wildman–Crippen MR) is 93.6 cm³/mol. The van der Waals surface area contributed by atoms with Crippen LogP contribution in [0.5, 0.6) is 0 Å². The molecule has 132 valence electrons. The van der Waals surface area contributed by atoms with Crippen molar-refractivity contribution in [3.05, 3.63) is 65.7 Å². The van der Waals surface area contributed by atoms with Crippen LogP contribution in [0.15, 0.2) is 48.8 Å². The monoisotopic (exact) mass is 342 g/mol. The van der Waals surface area contributed by atoms with Crippen molar-refractivity contribution < 1.29 is 14.3 Å². The molecule has 4 nitrogen and oxygen atoms in total. The Bertz CT molecular complexity index is 731. The zero-order valence-electron chi connectivity index (χ0n) is 14.5. The number of carbonyl (C=O) groups is 1. The predicted octanol–water partition coefficient (Wildman–Crippen LogP) is 2.95. The SMILES string of the molecule is CC(C)(CO)CN1CC(c2ccc(F)cc2)C(c2ccncc2)C1=O. The fourth-order valence-electron chi connectivity index (χ4n) is 3.46. The van der Waals surface area contributed by atoms with Crippen LogP contribution in [0, 0.1) is 11.2 Å². The van der Waals surface area contributed by atoms with E-state index in [9.17, 15) is 14.3 Å². The molecule has 0 radical (unpaired) electrons. The second-order valence-electron chi connectivity index (χ2n) is 7.46. The van der Waals surface area contributed by atoms with E-state index in [1.807, 2.05) is 30.9 Å². The fourth-order valence-corrected chi connectivity index (χ4v) is 3.46. The summed E-state index contributed by atoms with van der Waals surface area (Å²) < 4.78 is 13.3. The number of benzene rings is 1. The van der Waals surface area contributed by atoms with Crippen LogP contribution in [-0.2, 0) is 4.79 Å². The average Bonchev–Trinajstić information content (AvgIpc) is 2.92. The maximum atomic E-state index is 13.3. The molecule has 0 aliphatic carbocycles. The van der Waals surface area contributed by atoms with E-state index in [0.29, 0.717) is 13.1 Å². The Morgan fingerprint density at radius 1 is 1.16 bits per heavy atom. The molecule has 2 unspecified atom stereocenters. The molecule has 2 heterocycles. The number of amides is 1. The first kappa shape index (κ1) is 17.5. The third-order valence-corrected chi connectivity index (χ3v) is 4.81. The van der Waals surface area contributed by atoms with E-state index in [2.05, 4.69) is 4.98 Å². The van der Waals surface area contributed by atoms with Gasteiger partial charge < -0.3 is 10.0 Å². The van der Waals surface area contributed by atoms with Crippen LogP contribution in [0.3, 0.4) is 0 Å². The maximum Gasteiger partial charge on any atom is 0.230 e. The van der Waals surface area contributed by atoms with Crippen LogP contribution in [-0.4, -0.2) is 40.6 Å². The number of likely N-dealkylation sites (tertiary alicyclic amines) is 1. The molecule has 1 fully saturated rings. The lowest BCUT2D eigenvalue weighted by Crippen LogP contribution is -2.38. The molecule has 1 N–H and O–H groups in total. The van der Waals surface area contributed by atoms with Gasteiger partial charge >= 0.3 is 0 Å². The largest absolute Gasteiger partial charge is 0.396 e. The topological polar surface area (TPSA) is 53.4 Å². The van der Waals surface area contributed by atoms with Crippen molar-refractivity contribution in [3.8, 4) is 0 Å². The van der Waals surface area contributed by atoms with Crippen LogP contribution < -0.4 is 0 Å². The van der Waals surface area contributed by atoms with Crippen molar-refractivity contribution in [3.63, 3.8) is 0 Å². The van der Waals surface area contributed by atoms with Gasteiger partial charge in [0.1, 0.15) is 5.82 Å². The van der Waals surface area contributed by atoms with E-state index in [0.717, 1.165) is 11.1 Å². The van der Waals surface area contributed by atoms with Crippen molar-refractivity contribution in [1.29, 1.82) is 0 Å². The summed E-state index contributed by atoms with van der Waals surface area (Å²) in [7, 11) is 0. The average molecular weight is 342 g/mol. The lowest BCUT2D eigenvalue weighted by molar-refractivity contribution is -0.130. The molecule has 1 amide bonds. The van der Waals surface area contributed by atoms with Gasteiger partial charge in [0.15, 0.2) is 0 Å². The first-order valence-corrected chi connectivity index (χ1v) is 8.46. The minimum absolute atomic E-state index is 0.0118. The van der Waals surface area contributed by atoms with E-state index < -0.39 is 0 Å². The highest BCUT2D eigenvalue weighted by Gasteiger charge is 2.43. The van der Waals surface area contributed by atoms with Crippen molar-refractivity contribution in [1.82, 2.24) is 9.88 Å². The summed E-state index contributed by atoms with van der Waals surface area (Å²) in [5.74, 6) is -0.609. The summed E-state index contributed by atoms with van der Waals surface area (Å²) in [4.78, 5) is 19.0. The molecule has 1 aromatic carbocycles. The standard InChI is InChI=1S/C20H23FN2O2/c1-20(2,13-24)12-23-11-17(14-3-5-16(21)6-4-14)18(19(23)25)15-7-9-22-10-8-15/h3-10,17-18,24H,11-13H2,1-2H3. The lowest BCUT2D eigenvalue weighted by Gasteiger charge is -2.28. The molecular formula is C20H23FN2O2. The maximum absolute atomic E-state index is 13.3. The third kappa shape index (κ3) is 3.71. The van der Waals surface area contributed by atoms with Crippen molar-refractivity contribution in [2.45, 2.75) is 25.7 Å². The van der Waals surface area contributed by atoms with E-state index in [-0.39, 0.29) is 35.6 Å². The Labute approximate surface area is 147 Å². The number of hydrogen-bond donors (Lipinski definition) is 1. The summed E-state index contributed by atoms with van der Waals surface area (Å²) >= 11 is 0. The van der Waals surface area contributed by atoms with Crippen LogP contribution >= 0.6 is 0 Å². The molecule has 0 saturated carbocycles. The number of aliphatic hydroxyl groups excluding tert-OH is 1. The highest BCUT2D eigenvalue weighted by molar-refractivity contribution is 5.87. The molecule has 1 aliphatic heterocycles. The van der Waals surface area contributed by atoms with Gasteiger partial charge in [-0.1, -0.05) is 26.0 Å². The molecule has 0 bridgehead atoms. The zero-order chi connectivity index (χ0) is 18.0. The smallest absolute Gasteiger partial charge is 0.230 e. The molecule has 5 heteroatoms. The number of halogens is 1. The van der Waals surface area contributed by atoms with E-state index in [4.69, 9.17) is 0 Å². The first-order valence-electron chi connectivity index (χ1n) is 8.46. The van der Waals surface area contributed by atoms with E-state index in [1.165, 1.54) is 12.1 Å². The van der Waals surface area contributed by atoms with Gasteiger partial charge in [-0.2, -0.15) is 0 Å². The normalized spacial score (nSPS) is 21.0. The van der Waals surface area contributed by atoms with Gasteiger partial charge in [0, 0.05) is 43.4 Å². The van der Waals surface area contributed by atoms with Gasteiger partial charge in [-0.3, -0.25) is 9.78 Å². The van der Waals surface area contributed by atoms with Crippen LogP contribution in [0.1, 0.15) is 36.8 Å². The summed E-state index contributed by atoms with van der Waals surface area (Å²) in [6.07, 6.45) is 3.37. The molecular weight excluding hydrogens is 319 g/mol.